The Balaban J connectivity index is 2.83. The van der Waals surface area contributed by atoms with E-state index >= 15 is 0 Å². The Morgan fingerprint density at radius 1 is 1.38 bits per heavy atom. The van der Waals surface area contributed by atoms with Gasteiger partial charge >= 0.3 is 6.30 Å². The second-order valence-electron chi connectivity index (χ2n) is 3.12. The van der Waals surface area contributed by atoms with Crippen LogP contribution in [-0.4, -0.2) is 15.5 Å². The van der Waals surface area contributed by atoms with E-state index in [4.69, 9.17) is 5.73 Å². The predicted octanol–water partition coefficient (Wildman–Crippen LogP) is 1.61. The maximum absolute atomic E-state index is 12.6. The van der Waals surface area contributed by atoms with E-state index in [1.807, 2.05) is 0 Å². The maximum atomic E-state index is 12.6. The van der Waals surface area contributed by atoms with Gasteiger partial charge in [0.15, 0.2) is 0 Å². The Kier molecular flexibility index (Phi) is 2.11. The van der Waals surface area contributed by atoms with Gasteiger partial charge in [-0.1, -0.05) is 6.07 Å². The smallest absolute Gasteiger partial charge is 0.366 e. The monoisotopic (exact) mass is 229 g/mol. The van der Waals surface area contributed by atoms with Crippen molar-refractivity contribution in [2.75, 3.05) is 0 Å². The van der Waals surface area contributed by atoms with Gasteiger partial charge in [-0.3, -0.25) is 4.79 Å². The van der Waals surface area contributed by atoms with E-state index in [1.165, 1.54) is 18.2 Å². The normalized spacial score (nSPS) is 11.9. The number of imidazole rings is 1. The number of para-hydroxylation sites is 1. The third-order valence-corrected chi connectivity index (χ3v) is 2.11. The van der Waals surface area contributed by atoms with E-state index in [0.717, 1.165) is 0 Å². The van der Waals surface area contributed by atoms with Crippen LogP contribution in [0.25, 0.3) is 11.0 Å². The molecular formula is C9H6F3N3O. The highest BCUT2D eigenvalue weighted by atomic mass is 19.4. The number of nitrogens with two attached hydrogens (primary N) is 1. The zero-order chi connectivity index (χ0) is 11.9. The molecule has 0 saturated heterocycles. The van der Waals surface area contributed by atoms with Gasteiger partial charge in [0.2, 0.25) is 0 Å². The number of hydrogen-bond acceptors (Lipinski definition) is 2. The zero-order valence-electron chi connectivity index (χ0n) is 7.82. The number of benzene rings is 1. The van der Waals surface area contributed by atoms with Crippen LogP contribution >= 0.6 is 0 Å². The minimum absolute atomic E-state index is 0.0254. The summed E-state index contributed by atoms with van der Waals surface area (Å²) in [7, 11) is 0. The molecule has 1 aromatic heterocycles. The van der Waals surface area contributed by atoms with Crippen molar-refractivity contribution >= 4 is 16.9 Å². The topological polar surface area (TPSA) is 60.9 Å². The Hall–Kier alpha value is -2.05. The summed E-state index contributed by atoms with van der Waals surface area (Å²) < 4.78 is 37.7. The molecule has 1 amide bonds. The number of aromatic nitrogens is 2. The van der Waals surface area contributed by atoms with Gasteiger partial charge in [-0.05, 0) is 12.1 Å². The molecule has 0 aliphatic rings. The highest BCUT2D eigenvalue weighted by Gasteiger charge is 2.33. The number of carbonyl (C=O) groups is 1. The number of halogens is 3. The van der Waals surface area contributed by atoms with Crippen LogP contribution in [0.2, 0.25) is 0 Å². The van der Waals surface area contributed by atoms with Crippen LogP contribution in [0.4, 0.5) is 13.2 Å². The molecule has 0 atom stereocenters. The Morgan fingerprint density at radius 2 is 2.06 bits per heavy atom. The van der Waals surface area contributed by atoms with Crippen molar-refractivity contribution in [1.29, 1.82) is 0 Å². The van der Waals surface area contributed by atoms with Crippen LogP contribution in [0.5, 0.6) is 0 Å². The third-order valence-electron chi connectivity index (χ3n) is 2.11. The van der Waals surface area contributed by atoms with Gasteiger partial charge in [0.25, 0.3) is 5.91 Å². The van der Waals surface area contributed by atoms with Crippen molar-refractivity contribution in [2.24, 2.45) is 5.73 Å². The number of amides is 1. The van der Waals surface area contributed by atoms with Crippen LogP contribution in [0.15, 0.2) is 24.5 Å². The van der Waals surface area contributed by atoms with Crippen LogP contribution in [0.1, 0.15) is 10.4 Å². The summed E-state index contributed by atoms with van der Waals surface area (Å²) in [5, 5.41) is 0. The fourth-order valence-corrected chi connectivity index (χ4v) is 1.46. The second-order valence-corrected chi connectivity index (χ2v) is 3.12. The first-order chi connectivity index (χ1) is 7.41. The maximum Gasteiger partial charge on any atom is 0.490 e. The first-order valence-electron chi connectivity index (χ1n) is 4.24. The average Bonchev–Trinajstić information content (AvgIpc) is 2.59. The molecule has 1 heterocycles. The highest BCUT2D eigenvalue weighted by Crippen LogP contribution is 2.28. The second kappa shape index (κ2) is 3.22. The Bertz CT molecular complexity index is 559. The molecule has 0 spiro atoms. The zero-order valence-corrected chi connectivity index (χ0v) is 7.82. The fourth-order valence-electron chi connectivity index (χ4n) is 1.46. The summed E-state index contributed by atoms with van der Waals surface area (Å²) in [4.78, 5) is 14.6. The van der Waals surface area contributed by atoms with Gasteiger partial charge in [0.1, 0.15) is 6.33 Å². The molecule has 2 aromatic rings. The SMILES string of the molecule is NC(=O)c1cccc2ncn(C(F)(F)F)c12. The molecule has 0 bridgehead atoms. The molecule has 84 valence electrons. The van der Waals surface area contributed by atoms with Gasteiger partial charge in [-0.15, -0.1) is 13.2 Å². The van der Waals surface area contributed by atoms with Gasteiger partial charge in [0, 0.05) is 0 Å². The van der Waals surface area contributed by atoms with Gasteiger partial charge in [0.05, 0.1) is 16.6 Å². The van der Waals surface area contributed by atoms with Crippen molar-refractivity contribution in [3.05, 3.63) is 30.1 Å². The molecule has 0 radical (unpaired) electrons. The van der Waals surface area contributed by atoms with Crippen molar-refractivity contribution in [3.8, 4) is 0 Å². The molecule has 4 nitrogen and oxygen atoms in total. The molecule has 0 aliphatic carbocycles. The van der Waals surface area contributed by atoms with Gasteiger partial charge in [-0.25, -0.2) is 9.55 Å². The van der Waals surface area contributed by atoms with E-state index in [0.29, 0.717) is 6.33 Å². The molecule has 16 heavy (non-hydrogen) atoms. The molecule has 2 rings (SSSR count). The van der Waals surface area contributed by atoms with E-state index in [-0.39, 0.29) is 21.2 Å². The standard InChI is InChI=1S/C9H6F3N3O/c10-9(11,12)15-4-14-6-3-1-2-5(7(6)15)8(13)16/h1-4H,(H2,13,16). The molecular weight excluding hydrogens is 223 g/mol. The summed E-state index contributed by atoms with van der Waals surface area (Å²) in [5.74, 6) is -0.920. The van der Waals surface area contributed by atoms with Crippen LogP contribution in [-0.2, 0) is 6.30 Å². The van der Waals surface area contributed by atoms with E-state index in [2.05, 4.69) is 4.98 Å². The average molecular weight is 229 g/mol. The molecule has 0 fully saturated rings. The van der Waals surface area contributed by atoms with Crippen molar-refractivity contribution in [1.82, 2.24) is 9.55 Å². The van der Waals surface area contributed by atoms with Crippen LogP contribution in [0, 0.1) is 0 Å². The third kappa shape index (κ3) is 1.50. The first-order valence-corrected chi connectivity index (χ1v) is 4.24. The number of carbonyl (C=O) groups excluding carboxylic acids is 1. The Morgan fingerprint density at radius 3 is 2.62 bits per heavy atom. The van der Waals surface area contributed by atoms with Gasteiger partial charge < -0.3 is 5.73 Å². The summed E-state index contributed by atoms with van der Waals surface area (Å²) in [5.41, 5.74) is 4.56. The van der Waals surface area contributed by atoms with Crippen molar-refractivity contribution in [3.63, 3.8) is 0 Å². The predicted molar refractivity (Wildman–Crippen MR) is 49.5 cm³/mol. The number of nitrogens with zero attached hydrogens (tertiary/aromatic N) is 2. The number of rotatable bonds is 1. The molecule has 0 unspecified atom stereocenters. The Labute approximate surface area is 87.5 Å². The van der Waals surface area contributed by atoms with E-state index in [9.17, 15) is 18.0 Å². The molecule has 0 aliphatic heterocycles. The fraction of sp³-hybridized carbons (Fsp3) is 0.111. The lowest BCUT2D eigenvalue weighted by molar-refractivity contribution is -0.201. The van der Waals surface area contributed by atoms with Crippen LogP contribution < -0.4 is 5.73 Å². The lowest BCUT2D eigenvalue weighted by atomic mass is 10.2. The first kappa shape index (κ1) is 10.5. The lowest BCUT2D eigenvalue weighted by Crippen LogP contribution is -2.19. The number of alkyl halides is 3. The van der Waals surface area contributed by atoms with Crippen molar-refractivity contribution in [2.45, 2.75) is 6.30 Å². The molecule has 2 N–H and O–H groups in total. The summed E-state index contributed by atoms with van der Waals surface area (Å²) >= 11 is 0. The molecule has 1 aromatic carbocycles. The molecule has 0 saturated carbocycles. The number of hydrogen-bond donors (Lipinski definition) is 1. The van der Waals surface area contributed by atoms with E-state index < -0.39 is 12.2 Å². The number of primary amides is 1. The number of fused-ring (bicyclic) bond motifs is 1. The highest BCUT2D eigenvalue weighted by molar-refractivity contribution is 6.04. The van der Waals surface area contributed by atoms with Gasteiger partial charge in [-0.2, -0.15) is 0 Å². The van der Waals surface area contributed by atoms with Crippen LogP contribution in [0.3, 0.4) is 0 Å². The quantitative estimate of drug-likeness (QED) is 0.807. The minimum Gasteiger partial charge on any atom is -0.366 e. The summed E-state index contributed by atoms with van der Waals surface area (Å²) in [6, 6.07) is 4.04. The largest absolute Gasteiger partial charge is 0.490 e. The lowest BCUT2D eigenvalue weighted by Gasteiger charge is -2.09. The molecule has 7 heteroatoms. The summed E-state index contributed by atoms with van der Waals surface area (Å²) in [6.07, 6.45) is -4.00. The van der Waals surface area contributed by atoms with Crippen molar-refractivity contribution < 1.29 is 18.0 Å². The minimum atomic E-state index is -4.62. The summed E-state index contributed by atoms with van der Waals surface area (Å²) in [6.45, 7) is 0. The van der Waals surface area contributed by atoms with E-state index in [1.54, 1.807) is 0 Å².